The van der Waals surface area contributed by atoms with E-state index in [4.69, 9.17) is 5.73 Å². The maximum absolute atomic E-state index is 5.55. The number of hydrogen-bond acceptors (Lipinski definition) is 4. The molecule has 1 aromatic rings. The van der Waals surface area contributed by atoms with Crippen LogP contribution in [0.3, 0.4) is 0 Å². The topological polar surface area (TPSA) is 55.0 Å². The van der Waals surface area contributed by atoms with Gasteiger partial charge in [-0.2, -0.15) is 0 Å². The summed E-state index contributed by atoms with van der Waals surface area (Å²) in [6.07, 6.45) is 1.80. The van der Waals surface area contributed by atoms with Gasteiger partial charge in [-0.25, -0.2) is 9.97 Å². The Bertz CT molecular complexity index is 336. The molecule has 0 aliphatic carbocycles. The molecule has 1 saturated heterocycles. The van der Waals surface area contributed by atoms with Crippen LogP contribution in [0.25, 0.3) is 0 Å². The molecule has 0 saturated carbocycles. The summed E-state index contributed by atoms with van der Waals surface area (Å²) in [7, 11) is 0. The molecule has 0 radical (unpaired) electrons. The number of nitrogens with two attached hydrogens (primary N) is 1. The van der Waals surface area contributed by atoms with Gasteiger partial charge >= 0.3 is 0 Å². The molecule has 4 nitrogen and oxygen atoms in total. The van der Waals surface area contributed by atoms with Gasteiger partial charge in [-0.1, -0.05) is 0 Å². The van der Waals surface area contributed by atoms with Gasteiger partial charge in [0, 0.05) is 25.2 Å². The summed E-state index contributed by atoms with van der Waals surface area (Å²) in [6.45, 7) is 4.69. The lowest BCUT2D eigenvalue weighted by Gasteiger charge is -2.38. The third kappa shape index (κ3) is 1.74. The monoisotopic (exact) mass is 256 g/mol. The molecule has 76 valence electrons. The third-order valence-corrected chi connectivity index (χ3v) is 3.26. The number of rotatable bonds is 2. The van der Waals surface area contributed by atoms with Gasteiger partial charge in [-0.15, -0.1) is 0 Å². The Morgan fingerprint density at radius 2 is 2.36 bits per heavy atom. The number of hydrogen-bond donors (Lipinski definition) is 1. The molecule has 1 aromatic heterocycles. The summed E-state index contributed by atoms with van der Waals surface area (Å²) in [4.78, 5) is 10.8. The zero-order chi connectivity index (χ0) is 10.1. The van der Waals surface area contributed by atoms with Crippen molar-refractivity contribution in [1.29, 1.82) is 0 Å². The van der Waals surface area contributed by atoms with Crippen LogP contribution >= 0.6 is 15.9 Å². The molecule has 14 heavy (non-hydrogen) atoms. The van der Waals surface area contributed by atoms with Crippen LogP contribution < -0.4 is 10.6 Å². The van der Waals surface area contributed by atoms with Gasteiger partial charge in [0.15, 0.2) is 0 Å². The van der Waals surface area contributed by atoms with E-state index in [1.165, 1.54) is 0 Å². The molecule has 2 rings (SSSR count). The Morgan fingerprint density at radius 1 is 1.64 bits per heavy atom. The maximum Gasteiger partial charge on any atom is 0.225 e. The van der Waals surface area contributed by atoms with Crippen LogP contribution in [-0.4, -0.2) is 29.6 Å². The minimum absolute atomic E-state index is 0.613. The Hall–Kier alpha value is -0.680. The minimum atomic E-state index is 0.613. The Morgan fingerprint density at radius 3 is 2.93 bits per heavy atom. The van der Waals surface area contributed by atoms with E-state index in [1.807, 2.05) is 6.92 Å². The first-order valence-electron chi connectivity index (χ1n) is 4.65. The minimum Gasteiger partial charge on any atom is -0.340 e. The molecule has 1 aliphatic rings. The zero-order valence-corrected chi connectivity index (χ0v) is 9.66. The standard InChI is InChI=1S/C9H13BrN4/c1-6-8(10)3-12-9(13-6)14-4-7(2-11)5-14/h3,7H,2,4-5,11H2,1H3. The lowest BCUT2D eigenvalue weighted by atomic mass is 10.0. The quantitative estimate of drug-likeness (QED) is 0.856. The van der Waals surface area contributed by atoms with Crippen molar-refractivity contribution >= 4 is 21.9 Å². The van der Waals surface area contributed by atoms with Crippen LogP contribution in [0.15, 0.2) is 10.7 Å². The predicted molar refractivity (Wildman–Crippen MR) is 59.2 cm³/mol. The second-order valence-electron chi connectivity index (χ2n) is 3.61. The predicted octanol–water partition coefficient (Wildman–Crippen LogP) is 0.942. The summed E-state index contributed by atoms with van der Waals surface area (Å²) >= 11 is 3.38. The normalized spacial score (nSPS) is 16.9. The van der Waals surface area contributed by atoms with E-state index < -0.39 is 0 Å². The van der Waals surface area contributed by atoms with Crippen LogP contribution in [0.2, 0.25) is 0 Å². The maximum atomic E-state index is 5.55. The molecule has 0 atom stereocenters. The average Bonchev–Trinajstić information content (AvgIpc) is 2.09. The van der Waals surface area contributed by atoms with Crippen molar-refractivity contribution in [3.8, 4) is 0 Å². The summed E-state index contributed by atoms with van der Waals surface area (Å²) in [5.41, 5.74) is 6.53. The van der Waals surface area contributed by atoms with Crippen LogP contribution in [0, 0.1) is 12.8 Å². The first-order valence-corrected chi connectivity index (χ1v) is 5.44. The highest BCUT2D eigenvalue weighted by molar-refractivity contribution is 9.10. The number of aromatic nitrogens is 2. The van der Waals surface area contributed by atoms with Gasteiger partial charge < -0.3 is 10.6 Å². The summed E-state index contributed by atoms with van der Waals surface area (Å²) in [5.74, 6) is 1.43. The van der Waals surface area contributed by atoms with E-state index in [1.54, 1.807) is 6.20 Å². The first-order chi connectivity index (χ1) is 6.70. The molecule has 1 fully saturated rings. The highest BCUT2D eigenvalue weighted by Crippen LogP contribution is 2.22. The smallest absolute Gasteiger partial charge is 0.225 e. The molecule has 0 aromatic carbocycles. The number of nitrogens with zero attached hydrogens (tertiary/aromatic N) is 3. The second kappa shape index (κ2) is 3.82. The van der Waals surface area contributed by atoms with E-state index in [-0.39, 0.29) is 0 Å². The molecule has 1 aliphatic heterocycles. The van der Waals surface area contributed by atoms with Crippen molar-refractivity contribution in [2.24, 2.45) is 11.7 Å². The zero-order valence-electron chi connectivity index (χ0n) is 8.07. The van der Waals surface area contributed by atoms with Crippen LogP contribution in [-0.2, 0) is 0 Å². The molecule has 2 heterocycles. The van der Waals surface area contributed by atoms with Crippen LogP contribution in [0.5, 0.6) is 0 Å². The van der Waals surface area contributed by atoms with Crippen molar-refractivity contribution < 1.29 is 0 Å². The summed E-state index contributed by atoms with van der Waals surface area (Å²) < 4.78 is 0.956. The van der Waals surface area contributed by atoms with E-state index in [0.717, 1.165) is 35.7 Å². The SMILES string of the molecule is Cc1nc(N2CC(CN)C2)ncc1Br. The fourth-order valence-corrected chi connectivity index (χ4v) is 1.67. The van der Waals surface area contributed by atoms with E-state index in [0.29, 0.717) is 5.92 Å². The molecular formula is C9H13BrN4. The fourth-order valence-electron chi connectivity index (χ4n) is 1.47. The second-order valence-corrected chi connectivity index (χ2v) is 4.46. The lowest BCUT2D eigenvalue weighted by Crippen LogP contribution is -2.50. The number of halogens is 1. The van der Waals surface area contributed by atoms with Gasteiger partial charge in [0.25, 0.3) is 0 Å². The van der Waals surface area contributed by atoms with Gasteiger partial charge in [0.2, 0.25) is 5.95 Å². The fraction of sp³-hybridized carbons (Fsp3) is 0.556. The van der Waals surface area contributed by atoms with Crippen LogP contribution in [0.4, 0.5) is 5.95 Å². The average molecular weight is 257 g/mol. The van der Waals surface area contributed by atoms with Crippen molar-refractivity contribution in [2.75, 3.05) is 24.5 Å². The summed E-state index contributed by atoms with van der Waals surface area (Å²) in [5, 5.41) is 0. The largest absolute Gasteiger partial charge is 0.340 e. The molecule has 0 unspecified atom stereocenters. The van der Waals surface area contributed by atoms with E-state index in [2.05, 4.69) is 30.8 Å². The van der Waals surface area contributed by atoms with Gasteiger partial charge in [0.1, 0.15) is 0 Å². The highest BCUT2D eigenvalue weighted by Gasteiger charge is 2.27. The third-order valence-electron chi connectivity index (χ3n) is 2.48. The molecule has 0 spiro atoms. The first kappa shape index (κ1) is 9.86. The van der Waals surface area contributed by atoms with Crippen molar-refractivity contribution in [1.82, 2.24) is 9.97 Å². The summed E-state index contributed by atoms with van der Waals surface area (Å²) in [6, 6.07) is 0. The lowest BCUT2D eigenvalue weighted by molar-refractivity contribution is 0.413. The number of anilines is 1. The molecule has 5 heteroatoms. The van der Waals surface area contributed by atoms with Gasteiger partial charge in [0.05, 0.1) is 10.2 Å². The Labute approximate surface area is 91.7 Å². The van der Waals surface area contributed by atoms with Crippen molar-refractivity contribution in [3.63, 3.8) is 0 Å². The molecule has 2 N–H and O–H groups in total. The van der Waals surface area contributed by atoms with Crippen molar-refractivity contribution in [2.45, 2.75) is 6.92 Å². The Balaban J connectivity index is 2.08. The number of aryl methyl sites for hydroxylation is 1. The Kier molecular flexibility index (Phi) is 2.69. The molecular weight excluding hydrogens is 244 g/mol. The van der Waals surface area contributed by atoms with E-state index in [9.17, 15) is 0 Å². The molecule has 0 amide bonds. The van der Waals surface area contributed by atoms with Gasteiger partial charge in [-0.05, 0) is 29.4 Å². The molecule has 0 bridgehead atoms. The van der Waals surface area contributed by atoms with Gasteiger partial charge in [-0.3, -0.25) is 0 Å². The highest BCUT2D eigenvalue weighted by atomic mass is 79.9. The van der Waals surface area contributed by atoms with Crippen LogP contribution in [0.1, 0.15) is 5.69 Å². The van der Waals surface area contributed by atoms with E-state index >= 15 is 0 Å². The van der Waals surface area contributed by atoms with Crippen molar-refractivity contribution in [3.05, 3.63) is 16.4 Å².